The molecule has 2 aromatic rings. The van der Waals surface area contributed by atoms with Crippen LogP contribution in [0.25, 0.3) is 0 Å². The minimum Gasteiger partial charge on any atom is -0.462 e. The number of aliphatic imine (C=N–C) groups is 1. The normalized spacial score (nSPS) is 24.8. The second kappa shape index (κ2) is 6.37. The first-order chi connectivity index (χ1) is 12.6. The highest BCUT2D eigenvalue weighted by Crippen LogP contribution is 2.42. The number of nitrogens with two attached hydrogens (primary N) is 1. The number of aromatic nitrogens is 1. The van der Waals surface area contributed by atoms with Gasteiger partial charge in [0.25, 0.3) is 6.02 Å². The van der Waals surface area contributed by atoms with E-state index >= 15 is 0 Å². The maximum Gasteiger partial charge on any atom is 0.283 e. The van der Waals surface area contributed by atoms with Gasteiger partial charge in [-0.05, 0) is 41.3 Å². The first-order valence-electron chi connectivity index (χ1n) is 8.30. The quantitative estimate of drug-likeness (QED) is 0.918. The van der Waals surface area contributed by atoms with Crippen molar-refractivity contribution in [1.29, 1.82) is 0 Å². The van der Waals surface area contributed by atoms with E-state index in [2.05, 4.69) is 9.98 Å². The van der Waals surface area contributed by atoms with Crippen LogP contribution in [-0.2, 0) is 10.3 Å². The molecule has 0 fully saturated rings. The first-order valence-corrected chi connectivity index (χ1v) is 8.30. The molecule has 0 saturated heterocycles. The summed E-state index contributed by atoms with van der Waals surface area (Å²) in [5.41, 5.74) is 7.41. The summed E-state index contributed by atoms with van der Waals surface area (Å²) in [4.78, 5) is 8.47. The van der Waals surface area contributed by atoms with Crippen molar-refractivity contribution in [1.82, 2.24) is 4.98 Å². The van der Waals surface area contributed by atoms with Crippen molar-refractivity contribution in [2.45, 2.75) is 17.9 Å². The Balaban J connectivity index is 1.78. The lowest BCUT2D eigenvalue weighted by atomic mass is 9.78. The number of amidine groups is 1. The van der Waals surface area contributed by atoms with Crippen molar-refractivity contribution >= 4 is 6.02 Å². The Morgan fingerprint density at radius 1 is 1.12 bits per heavy atom. The molecule has 0 bridgehead atoms. The van der Waals surface area contributed by atoms with Crippen LogP contribution in [0.1, 0.15) is 23.5 Å². The predicted molar refractivity (Wildman–Crippen MR) is 94.4 cm³/mol. The number of hydrogen-bond donors (Lipinski definition) is 1. The summed E-state index contributed by atoms with van der Waals surface area (Å²) >= 11 is 0. The Bertz CT molecular complexity index is 921. The zero-order chi connectivity index (χ0) is 18.1. The molecule has 4 rings (SSSR count). The molecule has 1 aliphatic carbocycles. The van der Waals surface area contributed by atoms with Crippen LogP contribution in [0.4, 0.5) is 8.78 Å². The smallest absolute Gasteiger partial charge is 0.283 e. The number of allylic oxidation sites excluding steroid dienone is 2. The summed E-state index contributed by atoms with van der Waals surface area (Å²) in [5, 5.41) is 0. The van der Waals surface area contributed by atoms with Crippen molar-refractivity contribution in [2.75, 3.05) is 6.61 Å². The van der Waals surface area contributed by atoms with Crippen LogP contribution in [0.2, 0.25) is 0 Å². The lowest BCUT2D eigenvalue weighted by Gasteiger charge is -2.29. The highest BCUT2D eigenvalue weighted by molar-refractivity contribution is 5.75. The minimum absolute atomic E-state index is 0.0347. The highest BCUT2D eigenvalue weighted by atomic mass is 19.1. The molecule has 2 heterocycles. The number of pyridine rings is 1. The second-order valence-corrected chi connectivity index (χ2v) is 6.41. The third-order valence-electron chi connectivity index (χ3n) is 4.75. The van der Waals surface area contributed by atoms with Crippen LogP contribution in [0.5, 0.6) is 0 Å². The van der Waals surface area contributed by atoms with Gasteiger partial charge in [-0.15, -0.1) is 0 Å². The molecule has 2 unspecified atom stereocenters. The molecule has 0 spiro atoms. The SMILES string of the molecule is NC1=NC(C2=CC(c3cncc(F)c3)CC=C2)(c2ccc(F)cc2)CO1. The molecule has 1 aliphatic heterocycles. The third kappa shape index (κ3) is 2.87. The Morgan fingerprint density at radius 2 is 1.92 bits per heavy atom. The Morgan fingerprint density at radius 3 is 2.62 bits per heavy atom. The van der Waals surface area contributed by atoms with Crippen LogP contribution in [0.15, 0.2) is 71.5 Å². The molecular weight excluding hydrogens is 336 g/mol. The predicted octanol–water partition coefficient (Wildman–Crippen LogP) is 3.57. The number of rotatable bonds is 3. The molecule has 0 saturated carbocycles. The van der Waals surface area contributed by atoms with Gasteiger partial charge in [-0.2, -0.15) is 0 Å². The maximum absolute atomic E-state index is 13.6. The van der Waals surface area contributed by atoms with Gasteiger partial charge in [-0.3, -0.25) is 4.98 Å². The highest BCUT2D eigenvalue weighted by Gasteiger charge is 2.41. The summed E-state index contributed by atoms with van der Waals surface area (Å²) < 4.78 is 32.4. The molecule has 4 nitrogen and oxygen atoms in total. The summed E-state index contributed by atoms with van der Waals surface area (Å²) in [6.45, 7) is 0.231. The zero-order valence-electron chi connectivity index (χ0n) is 13.9. The van der Waals surface area contributed by atoms with E-state index < -0.39 is 5.54 Å². The molecule has 26 heavy (non-hydrogen) atoms. The van der Waals surface area contributed by atoms with Gasteiger partial charge < -0.3 is 10.5 Å². The van der Waals surface area contributed by atoms with E-state index in [1.807, 2.05) is 18.2 Å². The number of halogens is 2. The molecule has 2 N–H and O–H groups in total. The Hall–Kier alpha value is -3.02. The van der Waals surface area contributed by atoms with Gasteiger partial charge in [0.1, 0.15) is 23.8 Å². The molecule has 0 radical (unpaired) electrons. The Labute approximate surface area is 149 Å². The van der Waals surface area contributed by atoms with Crippen molar-refractivity contribution in [3.63, 3.8) is 0 Å². The average Bonchev–Trinajstić information content (AvgIpc) is 3.05. The number of hydrogen-bond acceptors (Lipinski definition) is 4. The third-order valence-corrected chi connectivity index (χ3v) is 4.75. The molecule has 132 valence electrons. The molecule has 2 atom stereocenters. The van der Waals surface area contributed by atoms with Gasteiger partial charge >= 0.3 is 0 Å². The number of nitrogens with zero attached hydrogens (tertiary/aromatic N) is 2. The summed E-state index contributed by atoms with van der Waals surface area (Å²) in [6, 6.07) is 7.73. The van der Waals surface area contributed by atoms with E-state index in [4.69, 9.17) is 10.5 Å². The van der Waals surface area contributed by atoms with Gasteiger partial charge in [-0.1, -0.05) is 30.4 Å². The van der Waals surface area contributed by atoms with Gasteiger partial charge in [0.15, 0.2) is 0 Å². The van der Waals surface area contributed by atoms with Crippen molar-refractivity contribution in [3.05, 3.63) is 89.3 Å². The summed E-state index contributed by atoms with van der Waals surface area (Å²) in [7, 11) is 0. The van der Waals surface area contributed by atoms with Gasteiger partial charge in [0.2, 0.25) is 0 Å². The van der Waals surface area contributed by atoms with E-state index in [9.17, 15) is 8.78 Å². The molecule has 6 heteroatoms. The number of ether oxygens (including phenoxy) is 1. The van der Waals surface area contributed by atoms with E-state index in [1.54, 1.807) is 18.3 Å². The minimum atomic E-state index is -0.840. The topological polar surface area (TPSA) is 60.5 Å². The standard InChI is InChI=1S/C20H17F2N3O/c21-17-6-4-15(5-7-17)20(12-26-19(23)25-20)16-3-1-2-13(8-16)14-9-18(22)11-24-10-14/h1,3-11,13H,2,12H2,(H2,23,25). The van der Waals surface area contributed by atoms with Crippen molar-refractivity contribution in [2.24, 2.45) is 10.7 Å². The average molecular weight is 353 g/mol. The molecule has 1 aromatic heterocycles. The zero-order valence-corrected chi connectivity index (χ0v) is 13.9. The molecular formula is C20H17F2N3O. The van der Waals surface area contributed by atoms with Gasteiger partial charge in [-0.25, -0.2) is 13.8 Å². The monoisotopic (exact) mass is 353 g/mol. The second-order valence-electron chi connectivity index (χ2n) is 6.41. The van der Waals surface area contributed by atoms with Gasteiger partial charge in [0.05, 0.1) is 6.20 Å². The van der Waals surface area contributed by atoms with Crippen LogP contribution < -0.4 is 5.73 Å². The van der Waals surface area contributed by atoms with Crippen LogP contribution in [-0.4, -0.2) is 17.6 Å². The van der Waals surface area contributed by atoms with E-state index in [-0.39, 0.29) is 30.2 Å². The fraction of sp³-hybridized carbons (Fsp3) is 0.200. The lowest BCUT2D eigenvalue weighted by Crippen LogP contribution is -2.28. The van der Waals surface area contributed by atoms with Crippen LogP contribution in [0, 0.1) is 11.6 Å². The van der Waals surface area contributed by atoms with Crippen molar-refractivity contribution < 1.29 is 13.5 Å². The summed E-state index contributed by atoms with van der Waals surface area (Å²) in [5.74, 6) is -0.726. The first kappa shape index (κ1) is 16.4. The van der Waals surface area contributed by atoms with Gasteiger partial charge in [0, 0.05) is 12.1 Å². The fourth-order valence-electron chi connectivity index (χ4n) is 3.44. The van der Waals surface area contributed by atoms with E-state index in [1.165, 1.54) is 24.4 Å². The lowest BCUT2D eigenvalue weighted by molar-refractivity contribution is 0.277. The van der Waals surface area contributed by atoms with Crippen molar-refractivity contribution in [3.8, 4) is 0 Å². The Kier molecular flexibility index (Phi) is 4.03. The number of benzene rings is 1. The van der Waals surface area contributed by atoms with Crippen LogP contribution in [0.3, 0.4) is 0 Å². The van der Waals surface area contributed by atoms with E-state index in [0.29, 0.717) is 0 Å². The van der Waals surface area contributed by atoms with Crippen LogP contribution >= 0.6 is 0 Å². The maximum atomic E-state index is 13.6. The van der Waals surface area contributed by atoms with E-state index in [0.717, 1.165) is 23.1 Å². The molecule has 1 aromatic carbocycles. The molecule has 0 amide bonds. The summed E-state index contributed by atoms with van der Waals surface area (Å²) in [6.07, 6.45) is 9.59. The largest absolute Gasteiger partial charge is 0.462 e. The fourth-order valence-corrected chi connectivity index (χ4v) is 3.44. The molecule has 2 aliphatic rings.